The van der Waals surface area contributed by atoms with Crippen LogP contribution in [-0.2, 0) is 11.2 Å². The van der Waals surface area contributed by atoms with Crippen molar-refractivity contribution in [3.05, 3.63) is 80.9 Å². The van der Waals surface area contributed by atoms with Crippen molar-refractivity contribution in [2.45, 2.75) is 58.4 Å². The zero-order valence-corrected chi connectivity index (χ0v) is 22.5. The molecule has 1 aliphatic carbocycles. The predicted molar refractivity (Wildman–Crippen MR) is 149 cm³/mol. The van der Waals surface area contributed by atoms with Crippen LogP contribution in [0.1, 0.15) is 55.9 Å². The Morgan fingerprint density at radius 2 is 1.86 bits per heavy atom. The van der Waals surface area contributed by atoms with Crippen LogP contribution in [0.15, 0.2) is 73.4 Å². The summed E-state index contributed by atoms with van der Waals surface area (Å²) in [5.74, 6) is 1.47. The molecule has 1 aromatic heterocycles. The van der Waals surface area contributed by atoms with E-state index in [2.05, 4.69) is 54.0 Å². The molecule has 3 aromatic rings. The summed E-state index contributed by atoms with van der Waals surface area (Å²) in [6.45, 7) is 4.21. The standard InChI is InChI=1S/C29H29BrN2O2S/c1-3-20-10-12-21(13-11-20)31-29-32(22-7-5-4-6-8-22)28(33)27(35-29)18-23-14-16-26(34-23)24-15-9-19(2)17-25(24)30/h9-18,22H,3-8H2,1-2H3/b27-18+,31-29?. The molecule has 1 amide bonds. The van der Waals surface area contributed by atoms with Crippen LogP contribution in [-0.4, -0.2) is 22.0 Å². The first-order valence-corrected chi connectivity index (χ1v) is 13.9. The lowest BCUT2D eigenvalue weighted by atomic mass is 9.94. The highest BCUT2D eigenvalue weighted by molar-refractivity contribution is 9.10. The van der Waals surface area contributed by atoms with E-state index in [1.165, 1.54) is 29.3 Å². The second kappa shape index (κ2) is 10.6. The Kier molecular flexibility index (Phi) is 7.30. The van der Waals surface area contributed by atoms with Crippen molar-refractivity contribution in [3.63, 3.8) is 0 Å². The molecule has 2 heterocycles. The van der Waals surface area contributed by atoms with Crippen molar-refractivity contribution in [1.29, 1.82) is 0 Å². The lowest BCUT2D eigenvalue weighted by molar-refractivity contribution is -0.124. The zero-order valence-electron chi connectivity index (χ0n) is 20.1. The summed E-state index contributed by atoms with van der Waals surface area (Å²) in [7, 11) is 0. The normalized spacial score (nSPS) is 19.3. The van der Waals surface area contributed by atoms with Crippen LogP contribution in [0.5, 0.6) is 0 Å². The molecule has 0 atom stereocenters. The van der Waals surface area contributed by atoms with Crippen molar-refractivity contribution in [1.82, 2.24) is 4.90 Å². The molecule has 2 aromatic carbocycles. The highest BCUT2D eigenvalue weighted by Crippen LogP contribution is 2.39. The number of nitrogens with zero attached hydrogens (tertiary/aromatic N) is 2. The predicted octanol–water partition coefficient (Wildman–Crippen LogP) is 8.52. The van der Waals surface area contributed by atoms with Crippen molar-refractivity contribution >= 4 is 50.5 Å². The Balaban J connectivity index is 1.46. The topological polar surface area (TPSA) is 45.8 Å². The van der Waals surface area contributed by atoms with Gasteiger partial charge in [0.25, 0.3) is 5.91 Å². The monoisotopic (exact) mass is 548 g/mol. The number of halogens is 1. The summed E-state index contributed by atoms with van der Waals surface area (Å²) in [6.07, 6.45) is 8.46. The Labute approximate surface area is 219 Å². The number of aliphatic imine (C=N–C) groups is 1. The van der Waals surface area contributed by atoms with Gasteiger partial charge in [-0.3, -0.25) is 9.69 Å². The molecule has 5 rings (SSSR count). The summed E-state index contributed by atoms with van der Waals surface area (Å²) < 4.78 is 7.12. The van der Waals surface area contributed by atoms with Crippen molar-refractivity contribution in [3.8, 4) is 11.3 Å². The van der Waals surface area contributed by atoms with Gasteiger partial charge >= 0.3 is 0 Å². The van der Waals surface area contributed by atoms with Gasteiger partial charge in [0.05, 0.1) is 10.6 Å². The molecule has 0 N–H and O–H groups in total. The second-order valence-corrected chi connectivity index (χ2v) is 11.0. The van der Waals surface area contributed by atoms with Crippen molar-refractivity contribution < 1.29 is 9.21 Å². The van der Waals surface area contributed by atoms with E-state index < -0.39 is 0 Å². The number of rotatable bonds is 5. The molecular formula is C29H29BrN2O2S. The first kappa shape index (κ1) is 24.1. The van der Waals surface area contributed by atoms with E-state index in [0.717, 1.165) is 58.8 Å². The molecule has 4 nitrogen and oxygen atoms in total. The zero-order chi connectivity index (χ0) is 24.4. The Morgan fingerprint density at radius 3 is 2.57 bits per heavy atom. The van der Waals surface area contributed by atoms with Crippen LogP contribution in [0.3, 0.4) is 0 Å². The maximum atomic E-state index is 13.6. The minimum absolute atomic E-state index is 0.0281. The number of carbonyl (C=O) groups is 1. The van der Waals surface area contributed by atoms with E-state index in [1.54, 1.807) is 0 Å². The maximum Gasteiger partial charge on any atom is 0.267 e. The lowest BCUT2D eigenvalue weighted by Gasteiger charge is -2.30. The molecule has 1 saturated heterocycles. The van der Waals surface area contributed by atoms with E-state index in [1.807, 2.05) is 41.3 Å². The molecule has 0 bridgehead atoms. The lowest BCUT2D eigenvalue weighted by Crippen LogP contribution is -2.40. The number of carbonyl (C=O) groups excluding carboxylic acids is 1. The number of benzene rings is 2. The first-order valence-electron chi connectivity index (χ1n) is 12.3. The van der Waals surface area contributed by atoms with Crippen LogP contribution >= 0.6 is 27.7 Å². The van der Waals surface area contributed by atoms with E-state index in [4.69, 9.17) is 9.41 Å². The highest BCUT2D eigenvalue weighted by Gasteiger charge is 2.38. The fraction of sp³-hybridized carbons (Fsp3) is 0.310. The van der Waals surface area contributed by atoms with Gasteiger partial charge in [0, 0.05) is 22.2 Å². The fourth-order valence-electron chi connectivity index (χ4n) is 4.67. The second-order valence-electron chi connectivity index (χ2n) is 9.18. The summed E-state index contributed by atoms with van der Waals surface area (Å²) in [6, 6.07) is 18.6. The first-order chi connectivity index (χ1) is 17.0. The molecule has 35 heavy (non-hydrogen) atoms. The maximum absolute atomic E-state index is 13.6. The van der Waals surface area contributed by atoms with Gasteiger partial charge in [0.15, 0.2) is 5.17 Å². The summed E-state index contributed by atoms with van der Waals surface area (Å²) in [5, 5.41) is 0.769. The van der Waals surface area contributed by atoms with Crippen molar-refractivity contribution in [2.75, 3.05) is 0 Å². The van der Waals surface area contributed by atoms with E-state index in [-0.39, 0.29) is 11.9 Å². The Hall–Kier alpha value is -2.57. The molecule has 6 heteroatoms. The number of hydrogen-bond acceptors (Lipinski definition) is 4. The number of hydrogen-bond donors (Lipinski definition) is 0. The molecule has 2 aliphatic rings. The van der Waals surface area contributed by atoms with Crippen LogP contribution < -0.4 is 0 Å². The third kappa shape index (κ3) is 5.34. The molecule has 0 unspecified atom stereocenters. The molecule has 0 radical (unpaired) electrons. The van der Waals surface area contributed by atoms with Gasteiger partial charge < -0.3 is 4.42 Å². The quantitative estimate of drug-likeness (QED) is 0.300. The minimum Gasteiger partial charge on any atom is -0.457 e. The van der Waals surface area contributed by atoms with Gasteiger partial charge in [-0.05, 0) is 85.5 Å². The highest BCUT2D eigenvalue weighted by atomic mass is 79.9. The fourth-order valence-corrected chi connectivity index (χ4v) is 6.39. The van der Waals surface area contributed by atoms with Crippen LogP contribution in [0.4, 0.5) is 5.69 Å². The third-order valence-electron chi connectivity index (χ3n) is 6.64. The van der Waals surface area contributed by atoms with Gasteiger partial charge in [-0.15, -0.1) is 0 Å². The molecule has 2 fully saturated rings. The molecule has 1 saturated carbocycles. The summed E-state index contributed by atoms with van der Waals surface area (Å²) in [5.41, 5.74) is 4.33. The van der Waals surface area contributed by atoms with Gasteiger partial charge in [-0.25, -0.2) is 4.99 Å². The Morgan fingerprint density at radius 1 is 1.09 bits per heavy atom. The summed E-state index contributed by atoms with van der Waals surface area (Å²) >= 11 is 5.08. The number of thioether (sulfide) groups is 1. The number of aryl methyl sites for hydroxylation is 2. The van der Waals surface area contributed by atoms with Crippen molar-refractivity contribution in [2.24, 2.45) is 4.99 Å². The Bertz CT molecular complexity index is 1290. The third-order valence-corrected chi connectivity index (χ3v) is 8.28. The van der Waals surface area contributed by atoms with Gasteiger partial charge in [-0.2, -0.15) is 0 Å². The average Bonchev–Trinajstić information content (AvgIpc) is 3.44. The molecular weight excluding hydrogens is 520 g/mol. The van der Waals surface area contributed by atoms with Gasteiger partial charge in [0.1, 0.15) is 11.5 Å². The molecule has 1 aliphatic heterocycles. The molecule has 180 valence electrons. The summed E-state index contributed by atoms with van der Waals surface area (Å²) in [4.78, 5) is 21.1. The van der Waals surface area contributed by atoms with Gasteiger partial charge in [-0.1, -0.05) is 60.3 Å². The SMILES string of the molecule is CCc1ccc(N=C2S/C(=C/c3ccc(-c4ccc(C)cc4Br)o3)C(=O)N2C2CCCCC2)cc1. The number of amides is 1. The van der Waals surface area contributed by atoms with E-state index >= 15 is 0 Å². The number of furan rings is 1. The van der Waals surface area contributed by atoms with E-state index in [9.17, 15) is 4.79 Å². The van der Waals surface area contributed by atoms with Crippen LogP contribution in [0.2, 0.25) is 0 Å². The number of amidine groups is 1. The van der Waals surface area contributed by atoms with Crippen LogP contribution in [0, 0.1) is 6.92 Å². The average molecular weight is 550 g/mol. The largest absolute Gasteiger partial charge is 0.457 e. The van der Waals surface area contributed by atoms with Crippen LogP contribution in [0.25, 0.3) is 17.4 Å². The molecule has 0 spiro atoms. The van der Waals surface area contributed by atoms with E-state index in [0.29, 0.717) is 10.7 Å². The minimum atomic E-state index is 0.0281. The van der Waals surface area contributed by atoms with Gasteiger partial charge in [0.2, 0.25) is 0 Å². The smallest absolute Gasteiger partial charge is 0.267 e.